The second-order valence-corrected chi connectivity index (χ2v) is 7.35. The van der Waals surface area contributed by atoms with Crippen molar-refractivity contribution in [2.45, 2.75) is 20.3 Å². The zero-order chi connectivity index (χ0) is 18.8. The summed E-state index contributed by atoms with van der Waals surface area (Å²) < 4.78 is 16.6. The van der Waals surface area contributed by atoms with Crippen molar-refractivity contribution in [3.8, 4) is 21.9 Å². The fraction of sp³-hybridized carbons (Fsp3) is 0.300. The molecule has 6 nitrogen and oxygen atoms in total. The van der Waals surface area contributed by atoms with Gasteiger partial charge in [-0.15, -0.1) is 11.3 Å². The zero-order valence-corrected chi connectivity index (χ0v) is 16.0. The largest absolute Gasteiger partial charge is 0.486 e. The van der Waals surface area contributed by atoms with Crippen molar-refractivity contribution in [2.75, 3.05) is 19.8 Å². The molecule has 0 saturated heterocycles. The summed E-state index contributed by atoms with van der Waals surface area (Å²) in [5, 5.41) is 2.94. The molecule has 0 saturated carbocycles. The van der Waals surface area contributed by atoms with Crippen molar-refractivity contribution in [1.82, 2.24) is 10.3 Å². The number of carbonyl (C=O) groups excluding carboxylic acids is 1. The van der Waals surface area contributed by atoms with Crippen LogP contribution < -0.4 is 14.8 Å². The first-order chi connectivity index (χ1) is 13.1. The molecule has 140 valence electrons. The summed E-state index contributed by atoms with van der Waals surface area (Å²) >= 11 is 1.46. The number of rotatable bonds is 5. The van der Waals surface area contributed by atoms with E-state index >= 15 is 0 Å². The lowest BCUT2D eigenvalue weighted by molar-refractivity contribution is 0.0958. The summed E-state index contributed by atoms with van der Waals surface area (Å²) in [5.74, 6) is 2.88. The van der Waals surface area contributed by atoms with Gasteiger partial charge in [-0.05, 0) is 42.8 Å². The second kappa shape index (κ2) is 7.44. The molecular weight excluding hydrogens is 364 g/mol. The molecule has 0 fully saturated rings. The van der Waals surface area contributed by atoms with E-state index in [0.717, 1.165) is 33.4 Å². The van der Waals surface area contributed by atoms with E-state index in [-0.39, 0.29) is 5.91 Å². The number of benzene rings is 1. The molecule has 3 heterocycles. The van der Waals surface area contributed by atoms with E-state index in [1.54, 1.807) is 0 Å². The Morgan fingerprint density at radius 2 is 1.96 bits per heavy atom. The van der Waals surface area contributed by atoms with Gasteiger partial charge in [0.25, 0.3) is 5.91 Å². The van der Waals surface area contributed by atoms with Crippen LogP contribution in [0.25, 0.3) is 10.4 Å². The summed E-state index contributed by atoms with van der Waals surface area (Å²) in [6.07, 6.45) is 0.648. The summed E-state index contributed by atoms with van der Waals surface area (Å²) in [7, 11) is 0. The number of thiophene rings is 1. The first-order valence-corrected chi connectivity index (χ1v) is 9.63. The topological polar surface area (TPSA) is 73.6 Å². The summed E-state index contributed by atoms with van der Waals surface area (Å²) in [6, 6.07) is 9.65. The van der Waals surface area contributed by atoms with Crippen LogP contribution in [0.3, 0.4) is 0 Å². The van der Waals surface area contributed by atoms with E-state index in [0.29, 0.717) is 36.9 Å². The molecule has 1 amide bonds. The highest BCUT2D eigenvalue weighted by Crippen LogP contribution is 2.36. The molecule has 4 rings (SSSR count). The maximum atomic E-state index is 12.4. The predicted molar refractivity (Wildman–Crippen MR) is 103 cm³/mol. The van der Waals surface area contributed by atoms with Gasteiger partial charge in [-0.25, -0.2) is 4.98 Å². The van der Waals surface area contributed by atoms with Crippen molar-refractivity contribution in [1.29, 1.82) is 0 Å². The van der Waals surface area contributed by atoms with Crippen molar-refractivity contribution in [2.24, 2.45) is 0 Å². The van der Waals surface area contributed by atoms with Gasteiger partial charge in [0.1, 0.15) is 19.0 Å². The molecule has 2 aromatic heterocycles. The van der Waals surface area contributed by atoms with Gasteiger partial charge in [-0.2, -0.15) is 0 Å². The molecule has 0 aliphatic carbocycles. The number of ether oxygens (including phenoxy) is 2. The number of aryl methyl sites for hydroxylation is 2. The molecule has 1 N–H and O–H groups in total. The van der Waals surface area contributed by atoms with E-state index < -0.39 is 0 Å². The Morgan fingerprint density at radius 3 is 2.74 bits per heavy atom. The number of amides is 1. The van der Waals surface area contributed by atoms with Gasteiger partial charge in [-0.3, -0.25) is 4.79 Å². The van der Waals surface area contributed by atoms with Gasteiger partial charge in [0.2, 0.25) is 0 Å². The van der Waals surface area contributed by atoms with Crippen LogP contribution in [0, 0.1) is 13.8 Å². The summed E-state index contributed by atoms with van der Waals surface area (Å²) in [5.41, 5.74) is 1.90. The lowest BCUT2D eigenvalue weighted by Crippen LogP contribution is -2.25. The Balaban J connectivity index is 1.40. The molecular formula is C20H20N2O4S. The van der Waals surface area contributed by atoms with Gasteiger partial charge >= 0.3 is 0 Å². The average Bonchev–Trinajstić information content (AvgIpc) is 3.28. The quantitative estimate of drug-likeness (QED) is 0.725. The Labute approximate surface area is 161 Å². The van der Waals surface area contributed by atoms with Crippen LogP contribution in [-0.4, -0.2) is 30.6 Å². The minimum atomic E-state index is -0.0818. The SMILES string of the molecule is Cc1nc(CCNC(=O)c2ccc(-c3ccc4c(c3)OCCO4)s2)c(C)o1. The number of oxazole rings is 1. The molecule has 1 aromatic carbocycles. The smallest absolute Gasteiger partial charge is 0.261 e. The van der Waals surface area contributed by atoms with Crippen molar-refractivity contribution in [3.05, 3.63) is 52.6 Å². The van der Waals surface area contributed by atoms with Gasteiger partial charge in [0.15, 0.2) is 17.4 Å². The van der Waals surface area contributed by atoms with E-state index in [1.165, 1.54) is 11.3 Å². The number of carbonyl (C=O) groups is 1. The molecule has 3 aromatic rings. The van der Waals surface area contributed by atoms with Gasteiger partial charge < -0.3 is 19.2 Å². The highest BCUT2D eigenvalue weighted by molar-refractivity contribution is 7.17. The van der Waals surface area contributed by atoms with E-state index in [2.05, 4.69) is 10.3 Å². The van der Waals surface area contributed by atoms with Crippen LogP contribution in [0.15, 0.2) is 34.7 Å². The number of hydrogen-bond donors (Lipinski definition) is 1. The molecule has 0 radical (unpaired) electrons. The number of fused-ring (bicyclic) bond motifs is 1. The predicted octanol–water partition coefficient (Wildman–Crippen LogP) is 3.76. The highest BCUT2D eigenvalue weighted by atomic mass is 32.1. The third kappa shape index (κ3) is 3.83. The fourth-order valence-electron chi connectivity index (χ4n) is 3.00. The number of aromatic nitrogens is 1. The van der Waals surface area contributed by atoms with Crippen LogP contribution in [0.4, 0.5) is 0 Å². The van der Waals surface area contributed by atoms with Gasteiger partial charge in [0.05, 0.1) is 10.6 Å². The van der Waals surface area contributed by atoms with Crippen LogP contribution in [0.5, 0.6) is 11.5 Å². The molecule has 1 aliphatic heterocycles. The first-order valence-electron chi connectivity index (χ1n) is 8.81. The van der Waals surface area contributed by atoms with E-state index in [1.807, 2.05) is 44.2 Å². The maximum absolute atomic E-state index is 12.4. The molecule has 0 unspecified atom stereocenters. The highest BCUT2D eigenvalue weighted by Gasteiger charge is 2.15. The van der Waals surface area contributed by atoms with Gasteiger partial charge in [-0.1, -0.05) is 0 Å². The third-order valence-electron chi connectivity index (χ3n) is 4.30. The minimum absolute atomic E-state index is 0.0818. The van der Waals surface area contributed by atoms with Crippen molar-refractivity contribution < 1.29 is 18.7 Å². The molecule has 0 spiro atoms. The Morgan fingerprint density at radius 1 is 1.15 bits per heavy atom. The van der Waals surface area contributed by atoms with Gasteiger partial charge in [0, 0.05) is 24.8 Å². The zero-order valence-electron chi connectivity index (χ0n) is 15.2. The van der Waals surface area contributed by atoms with Crippen LogP contribution in [0.2, 0.25) is 0 Å². The standard InChI is InChI=1S/C20H20N2O4S/c1-12-15(22-13(2)26-12)7-8-21-20(23)19-6-5-18(27-19)14-3-4-16-17(11-14)25-10-9-24-16/h3-6,11H,7-10H2,1-2H3,(H,21,23). The van der Waals surface area contributed by atoms with Crippen LogP contribution in [-0.2, 0) is 6.42 Å². The molecule has 27 heavy (non-hydrogen) atoms. The van der Waals surface area contributed by atoms with E-state index in [4.69, 9.17) is 13.9 Å². The Hall–Kier alpha value is -2.80. The Kier molecular flexibility index (Phi) is 4.85. The lowest BCUT2D eigenvalue weighted by Gasteiger charge is -2.18. The average molecular weight is 384 g/mol. The summed E-state index contributed by atoms with van der Waals surface area (Å²) in [6.45, 7) is 5.35. The fourth-order valence-corrected chi connectivity index (χ4v) is 3.92. The minimum Gasteiger partial charge on any atom is -0.486 e. The molecule has 0 atom stereocenters. The van der Waals surface area contributed by atoms with E-state index in [9.17, 15) is 4.79 Å². The molecule has 7 heteroatoms. The number of nitrogens with one attached hydrogen (secondary N) is 1. The number of hydrogen-bond acceptors (Lipinski definition) is 6. The second-order valence-electron chi connectivity index (χ2n) is 6.26. The normalized spacial score (nSPS) is 12.8. The molecule has 0 bridgehead atoms. The van der Waals surface area contributed by atoms with Crippen molar-refractivity contribution >= 4 is 17.2 Å². The number of nitrogens with zero attached hydrogens (tertiary/aromatic N) is 1. The monoisotopic (exact) mass is 384 g/mol. The molecule has 1 aliphatic rings. The third-order valence-corrected chi connectivity index (χ3v) is 5.44. The summed E-state index contributed by atoms with van der Waals surface area (Å²) in [4.78, 5) is 18.4. The van der Waals surface area contributed by atoms with Crippen molar-refractivity contribution in [3.63, 3.8) is 0 Å². The van der Waals surface area contributed by atoms with Crippen LogP contribution in [0.1, 0.15) is 27.0 Å². The Bertz CT molecular complexity index is 976. The lowest BCUT2D eigenvalue weighted by atomic mass is 10.1. The first kappa shape index (κ1) is 17.6. The maximum Gasteiger partial charge on any atom is 0.261 e. The van der Waals surface area contributed by atoms with Crippen LogP contribution >= 0.6 is 11.3 Å².